The molecular formula is C13H12N2O3S2. The van der Waals surface area contributed by atoms with Gasteiger partial charge in [0.1, 0.15) is 6.54 Å². The van der Waals surface area contributed by atoms with Gasteiger partial charge in [-0.2, -0.15) is 0 Å². The molecular weight excluding hydrogens is 296 g/mol. The Morgan fingerprint density at radius 1 is 1.35 bits per heavy atom. The summed E-state index contributed by atoms with van der Waals surface area (Å²) < 4.78 is 0. The van der Waals surface area contributed by atoms with Gasteiger partial charge >= 0.3 is 0 Å². The van der Waals surface area contributed by atoms with Crippen molar-refractivity contribution in [2.75, 3.05) is 12.8 Å². The van der Waals surface area contributed by atoms with Crippen LogP contribution in [0.15, 0.2) is 34.1 Å². The summed E-state index contributed by atoms with van der Waals surface area (Å²) in [5, 5.41) is -0.471. The lowest BCUT2D eigenvalue weighted by molar-refractivity contribution is -0.127. The van der Waals surface area contributed by atoms with Crippen molar-refractivity contribution >= 4 is 46.7 Å². The zero-order valence-electron chi connectivity index (χ0n) is 10.7. The van der Waals surface area contributed by atoms with Crippen LogP contribution >= 0.6 is 23.5 Å². The number of nitrogens with two attached hydrogens (primary N) is 1. The van der Waals surface area contributed by atoms with E-state index in [1.807, 2.05) is 30.5 Å². The molecule has 104 valence electrons. The summed E-state index contributed by atoms with van der Waals surface area (Å²) in [5.74, 6) is -1.19. The largest absolute Gasteiger partial charge is 0.368 e. The van der Waals surface area contributed by atoms with Crippen LogP contribution in [0.3, 0.4) is 0 Å². The van der Waals surface area contributed by atoms with E-state index in [2.05, 4.69) is 0 Å². The molecule has 0 aliphatic carbocycles. The standard InChI is InChI=1S/C13H12N2O3S2/c1-19-9-4-2-8(3-5-9)6-10-12(17)15(7-11(14)16)13(18)20-10/h2-6H,7H2,1H3,(H2,14,16)/b10-6-. The fourth-order valence-electron chi connectivity index (χ4n) is 1.64. The van der Waals surface area contributed by atoms with Crippen LogP contribution < -0.4 is 5.73 Å². The summed E-state index contributed by atoms with van der Waals surface area (Å²) >= 11 is 2.44. The quantitative estimate of drug-likeness (QED) is 0.679. The first-order valence-corrected chi connectivity index (χ1v) is 7.73. The van der Waals surface area contributed by atoms with Gasteiger partial charge in [0.15, 0.2) is 0 Å². The van der Waals surface area contributed by atoms with E-state index in [0.717, 1.165) is 27.1 Å². The van der Waals surface area contributed by atoms with Crippen molar-refractivity contribution in [1.82, 2.24) is 4.90 Å². The number of carbonyl (C=O) groups is 3. The Morgan fingerprint density at radius 2 is 2.00 bits per heavy atom. The van der Waals surface area contributed by atoms with Crippen molar-refractivity contribution < 1.29 is 14.4 Å². The van der Waals surface area contributed by atoms with E-state index in [0.29, 0.717) is 4.91 Å². The number of primary amides is 1. The van der Waals surface area contributed by atoms with Gasteiger partial charge < -0.3 is 5.73 Å². The smallest absolute Gasteiger partial charge is 0.294 e. The molecule has 1 aliphatic heterocycles. The van der Waals surface area contributed by atoms with E-state index in [1.54, 1.807) is 17.8 Å². The van der Waals surface area contributed by atoms with Crippen LogP contribution in [0, 0.1) is 0 Å². The first-order chi connectivity index (χ1) is 9.51. The lowest BCUT2D eigenvalue weighted by Crippen LogP contribution is -2.36. The first kappa shape index (κ1) is 14.7. The van der Waals surface area contributed by atoms with Crippen LogP contribution in [0.5, 0.6) is 0 Å². The van der Waals surface area contributed by atoms with Crippen LogP contribution in [-0.4, -0.2) is 34.8 Å². The zero-order valence-corrected chi connectivity index (χ0v) is 12.3. The van der Waals surface area contributed by atoms with Crippen LogP contribution in [0.25, 0.3) is 6.08 Å². The van der Waals surface area contributed by atoms with Crippen molar-refractivity contribution in [3.8, 4) is 0 Å². The van der Waals surface area contributed by atoms with Gasteiger partial charge in [-0.3, -0.25) is 19.3 Å². The number of hydrogen-bond acceptors (Lipinski definition) is 5. The van der Waals surface area contributed by atoms with Gasteiger partial charge in [0.25, 0.3) is 11.1 Å². The SMILES string of the molecule is CSc1ccc(/C=C2\SC(=O)N(CC(N)=O)C2=O)cc1. The molecule has 1 saturated heterocycles. The molecule has 7 heteroatoms. The van der Waals surface area contributed by atoms with Crippen molar-refractivity contribution in [2.45, 2.75) is 4.90 Å². The lowest BCUT2D eigenvalue weighted by atomic mass is 10.2. The van der Waals surface area contributed by atoms with E-state index in [9.17, 15) is 14.4 Å². The minimum Gasteiger partial charge on any atom is -0.368 e. The fraction of sp³-hybridized carbons (Fsp3) is 0.154. The van der Waals surface area contributed by atoms with Crippen LogP contribution in [0.4, 0.5) is 4.79 Å². The number of rotatable bonds is 4. The monoisotopic (exact) mass is 308 g/mol. The molecule has 3 amide bonds. The van der Waals surface area contributed by atoms with E-state index in [1.165, 1.54) is 0 Å². The molecule has 0 bridgehead atoms. The molecule has 0 spiro atoms. The average molecular weight is 308 g/mol. The van der Waals surface area contributed by atoms with E-state index in [4.69, 9.17) is 5.73 Å². The molecule has 0 saturated carbocycles. The highest BCUT2D eigenvalue weighted by Gasteiger charge is 2.35. The number of benzene rings is 1. The Kier molecular flexibility index (Phi) is 4.51. The topological polar surface area (TPSA) is 80.5 Å². The highest BCUT2D eigenvalue weighted by Crippen LogP contribution is 2.32. The van der Waals surface area contributed by atoms with Crippen molar-refractivity contribution in [3.05, 3.63) is 34.7 Å². The minimum absolute atomic E-state index is 0.299. The molecule has 0 unspecified atom stereocenters. The highest BCUT2D eigenvalue weighted by molar-refractivity contribution is 8.18. The predicted molar refractivity (Wildman–Crippen MR) is 80.1 cm³/mol. The third kappa shape index (κ3) is 3.23. The van der Waals surface area contributed by atoms with Gasteiger partial charge in [0.2, 0.25) is 5.91 Å². The van der Waals surface area contributed by atoms with Crippen molar-refractivity contribution in [3.63, 3.8) is 0 Å². The Morgan fingerprint density at radius 3 is 2.55 bits per heavy atom. The van der Waals surface area contributed by atoms with Gasteiger partial charge in [0, 0.05) is 4.90 Å². The number of carbonyl (C=O) groups excluding carboxylic acids is 3. The van der Waals surface area contributed by atoms with Crippen LogP contribution in [-0.2, 0) is 9.59 Å². The first-order valence-electron chi connectivity index (χ1n) is 5.69. The summed E-state index contributed by atoms with van der Waals surface area (Å²) in [5.41, 5.74) is 5.84. The summed E-state index contributed by atoms with van der Waals surface area (Å²) in [4.78, 5) is 36.7. The number of imide groups is 1. The summed E-state index contributed by atoms with van der Waals surface area (Å²) in [6.45, 7) is -0.382. The van der Waals surface area contributed by atoms with Crippen molar-refractivity contribution in [2.24, 2.45) is 5.73 Å². The fourth-order valence-corrected chi connectivity index (χ4v) is 2.89. The summed E-state index contributed by atoms with van der Waals surface area (Å²) in [6, 6.07) is 7.61. The molecule has 0 atom stereocenters. The number of hydrogen-bond donors (Lipinski definition) is 1. The third-order valence-electron chi connectivity index (χ3n) is 2.60. The Balaban J connectivity index is 2.20. The molecule has 1 fully saturated rings. The summed E-state index contributed by atoms with van der Waals surface area (Å²) in [7, 11) is 0. The van der Waals surface area contributed by atoms with E-state index in [-0.39, 0.29) is 6.54 Å². The van der Waals surface area contributed by atoms with Crippen LogP contribution in [0.1, 0.15) is 5.56 Å². The molecule has 0 radical (unpaired) electrons. The molecule has 2 rings (SSSR count). The average Bonchev–Trinajstić information content (AvgIpc) is 2.67. The molecule has 20 heavy (non-hydrogen) atoms. The summed E-state index contributed by atoms with van der Waals surface area (Å²) in [6.07, 6.45) is 3.61. The highest BCUT2D eigenvalue weighted by atomic mass is 32.2. The normalized spacial score (nSPS) is 17.1. The van der Waals surface area contributed by atoms with Gasteiger partial charge in [-0.05, 0) is 41.8 Å². The second-order valence-electron chi connectivity index (χ2n) is 4.01. The van der Waals surface area contributed by atoms with E-state index >= 15 is 0 Å². The zero-order chi connectivity index (χ0) is 14.7. The van der Waals surface area contributed by atoms with Crippen molar-refractivity contribution in [1.29, 1.82) is 0 Å². The molecule has 1 aromatic rings. The molecule has 1 aromatic carbocycles. The number of nitrogens with zero attached hydrogens (tertiary/aromatic N) is 1. The Hall–Kier alpha value is -1.73. The number of amides is 3. The molecule has 0 aromatic heterocycles. The molecule has 1 heterocycles. The van der Waals surface area contributed by atoms with Crippen LogP contribution in [0.2, 0.25) is 0 Å². The van der Waals surface area contributed by atoms with Gasteiger partial charge in [-0.1, -0.05) is 12.1 Å². The third-order valence-corrected chi connectivity index (χ3v) is 4.25. The Bertz CT molecular complexity index is 596. The second kappa shape index (κ2) is 6.15. The maximum atomic E-state index is 12.0. The van der Waals surface area contributed by atoms with Gasteiger partial charge in [0.05, 0.1) is 4.91 Å². The lowest BCUT2D eigenvalue weighted by Gasteiger charge is -2.08. The maximum Gasteiger partial charge on any atom is 0.294 e. The molecule has 2 N–H and O–H groups in total. The predicted octanol–water partition coefficient (Wildman–Crippen LogP) is 1.93. The van der Waals surface area contributed by atoms with Gasteiger partial charge in [-0.25, -0.2) is 0 Å². The Labute approximate surface area is 124 Å². The molecule has 5 nitrogen and oxygen atoms in total. The van der Waals surface area contributed by atoms with E-state index < -0.39 is 17.1 Å². The second-order valence-corrected chi connectivity index (χ2v) is 5.88. The maximum absolute atomic E-state index is 12.0. The van der Waals surface area contributed by atoms with Gasteiger partial charge in [-0.15, -0.1) is 11.8 Å². The number of thioether (sulfide) groups is 2. The molecule has 1 aliphatic rings. The minimum atomic E-state index is -0.710.